The van der Waals surface area contributed by atoms with Crippen LogP contribution < -0.4 is 0 Å². The van der Waals surface area contributed by atoms with Gasteiger partial charge in [-0.15, -0.1) is 11.3 Å². The molecular weight excluding hydrogens is 310 g/mol. The molecule has 0 spiro atoms. The Labute approximate surface area is 142 Å². The zero-order chi connectivity index (χ0) is 16.7. The van der Waals surface area contributed by atoms with Crippen molar-refractivity contribution in [2.45, 2.75) is 19.8 Å². The summed E-state index contributed by atoms with van der Waals surface area (Å²) in [6.45, 7) is 4.37. The Morgan fingerprint density at radius 3 is 2.39 bits per heavy atom. The Morgan fingerprint density at radius 1 is 1.13 bits per heavy atom. The molecule has 1 aromatic carbocycles. The number of carbonyl (C=O) groups excluding carboxylic acids is 1. The second-order valence-electron chi connectivity index (χ2n) is 5.43. The van der Waals surface area contributed by atoms with Crippen molar-refractivity contribution in [2.75, 3.05) is 40.5 Å². The van der Waals surface area contributed by atoms with Gasteiger partial charge in [0.25, 0.3) is 5.91 Å². The van der Waals surface area contributed by atoms with Gasteiger partial charge in [-0.3, -0.25) is 4.79 Å². The van der Waals surface area contributed by atoms with E-state index in [-0.39, 0.29) is 5.91 Å². The van der Waals surface area contributed by atoms with E-state index in [0.717, 1.165) is 17.7 Å². The maximum Gasteiger partial charge on any atom is 0.264 e. The summed E-state index contributed by atoms with van der Waals surface area (Å²) in [5.74, 6) is 0.0868. The van der Waals surface area contributed by atoms with Gasteiger partial charge in [0.05, 0.1) is 18.1 Å². The van der Waals surface area contributed by atoms with Gasteiger partial charge in [-0.25, -0.2) is 0 Å². The number of hydrogen-bond acceptors (Lipinski definition) is 4. The maximum absolute atomic E-state index is 13.0. The number of carbonyl (C=O) groups is 1. The second kappa shape index (κ2) is 9.01. The molecule has 1 aromatic heterocycles. The highest BCUT2D eigenvalue weighted by molar-refractivity contribution is 7.21. The summed E-state index contributed by atoms with van der Waals surface area (Å²) in [6, 6.07) is 8.26. The van der Waals surface area contributed by atoms with Gasteiger partial charge < -0.3 is 14.4 Å². The highest BCUT2D eigenvalue weighted by atomic mass is 32.1. The van der Waals surface area contributed by atoms with Crippen molar-refractivity contribution in [1.29, 1.82) is 0 Å². The van der Waals surface area contributed by atoms with Crippen molar-refractivity contribution in [3.8, 4) is 0 Å². The molecule has 4 nitrogen and oxygen atoms in total. The summed E-state index contributed by atoms with van der Waals surface area (Å²) in [6.07, 6.45) is 1.95. The zero-order valence-corrected chi connectivity index (χ0v) is 14.9. The number of benzene rings is 1. The van der Waals surface area contributed by atoms with Crippen LogP contribution in [0, 0.1) is 0 Å². The molecule has 0 aliphatic carbocycles. The molecule has 5 heteroatoms. The number of amides is 1. The number of rotatable bonds is 9. The molecule has 0 aliphatic rings. The van der Waals surface area contributed by atoms with Gasteiger partial charge in [-0.2, -0.15) is 0 Å². The standard InChI is InChI=1S/C18H25NO3S/c1-4-7-15-14-8-5-6-9-16(14)23-17(15)18(20)19(10-12-21-2)11-13-22-3/h5-6,8-9H,4,7,10-13H2,1-3H3. The van der Waals surface area contributed by atoms with E-state index in [4.69, 9.17) is 9.47 Å². The summed E-state index contributed by atoms with van der Waals surface area (Å²) in [7, 11) is 3.31. The fraction of sp³-hybridized carbons (Fsp3) is 0.500. The van der Waals surface area contributed by atoms with E-state index < -0.39 is 0 Å². The van der Waals surface area contributed by atoms with Crippen molar-refractivity contribution in [1.82, 2.24) is 4.90 Å². The molecule has 0 saturated heterocycles. The molecule has 0 bridgehead atoms. The Kier molecular flexibility index (Phi) is 7.02. The first-order valence-corrected chi connectivity index (χ1v) is 8.82. The van der Waals surface area contributed by atoms with E-state index in [1.54, 1.807) is 25.6 Å². The predicted octanol–water partition coefficient (Wildman–Crippen LogP) is 3.59. The van der Waals surface area contributed by atoms with Crippen molar-refractivity contribution < 1.29 is 14.3 Å². The molecule has 0 N–H and O–H groups in total. The van der Waals surface area contributed by atoms with Gasteiger partial charge in [0.15, 0.2) is 0 Å². The lowest BCUT2D eigenvalue weighted by Gasteiger charge is -2.22. The minimum atomic E-state index is 0.0868. The van der Waals surface area contributed by atoms with E-state index in [0.29, 0.717) is 26.3 Å². The lowest BCUT2D eigenvalue weighted by atomic mass is 10.1. The minimum Gasteiger partial charge on any atom is -0.383 e. The van der Waals surface area contributed by atoms with Crippen LogP contribution in [0.1, 0.15) is 28.6 Å². The molecule has 0 radical (unpaired) electrons. The Bertz CT molecular complexity index is 630. The zero-order valence-electron chi connectivity index (χ0n) is 14.1. The number of nitrogens with zero attached hydrogens (tertiary/aromatic N) is 1. The minimum absolute atomic E-state index is 0.0868. The van der Waals surface area contributed by atoms with Crippen molar-refractivity contribution in [3.63, 3.8) is 0 Å². The summed E-state index contributed by atoms with van der Waals surface area (Å²) < 4.78 is 11.5. The number of thiophene rings is 1. The third kappa shape index (κ3) is 4.31. The number of aryl methyl sites for hydroxylation is 1. The average molecular weight is 335 g/mol. The Morgan fingerprint density at radius 2 is 1.78 bits per heavy atom. The average Bonchev–Trinajstić information content (AvgIpc) is 2.94. The Balaban J connectivity index is 2.34. The molecule has 1 amide bonds. The normalized spacial score (nSPS) is 11.1. The fourth-order valence-electron chi connectivity index (χ4n) is 2.63. The van der Waals surface area contributed by atoms with Gasteiger partial charge in [-0.05, 0) is 23.4 Å². The van der Waals surface area contributed by atoms with Gasteiger partial charge in [0.1, 0.15) is 0 Å². The number of fused-ring (bicyclic) bond motifs is 1. The quantitative estimate of drug-likeness (QED) is 0.703. The molecule has 1 heterocycles. The lowest BCUT2D eigenvalue weighted by molar-refractivity contribution is 0.0631. The van der Waals surface area contributed by atoms with E-state index in [9.17, 15) is 4.79 Å². The number of ether oxygens (including phenoxy) is 2. The largest absolute Gasteiger partial charge is 0.383 e. The predicted molar refractivity (Wildman–Crippen MR) is 95.5 cm³/mol. The highest BCUT2D eigenvalue weighted by Gasteiger charge is 2.22. The molecule has 0 atom stereocenters. The molecular formula is C18H25NO3S. The molecule has 0 unspecified atom stereocenters. The van der Waals surface area contributed by atoms with Crippen LogP contribution in [-0.4, -0.2) is 51.3 Å². The van der Waals surface area contributed by atoms with E-state index in [1.165, 1.54) is 15.6 Å². The molecule has 126 valence electrons. The third-order valence-corrected chi connectivity index (χ3v) is 5.01. The first kappa shape index (κ1) is 17.9. The molecule has 0 aliphatic heterocycles. The van der Waals surface area contributed by atoms with Crippen LogP contribution in [0.4, 0.5) is 0 Å². The van der Waals surface area contributed by atoms with Crippen LogP contribution in [0.25, 0.3) is 10.1 Å². The van der Waals surface area contributed by atoms with E-state index in [1.807, 2.05) is 17.0 Å². The monoisotopic (exact) mass is 335 g/mol. The fourth-order valence-corrected chi connectivity index (χ4v) is 3.85. The van der Waals surface area contributed by atoms with Crippen molar-refractivity contribution in [3.05, 3.63) is 34.7 Å². The van der Waals surface area contributed by atoms with Crippen LogP contribution in [0.2, 0.25) is 0 Å². The van der Waals surface area contributed by atoms with Gasteiger partial charge in [0, 0.05) is 32.0 Å². The SMILES string of the molecule is CCCc1c(C(=O)N(CCOC)CCOC)sc2ccccc12. The summed E-state index contributed by atoms with van der Waals surface area (Å²) in [5.41, 5.74) is 1.18. The molecule has 0 fully saturated rings. The van der Waals surface area contributed by atoms with Gasteiger partial charge >= 0.3 is 0 Å². The Hall–Kier alpha value is -1.43. The maximum atomic E-state index is 13.0. The first-order valence-electron chi connectivity index (χ1n) is 8.00. The smallest absolute Gasteiger partial charge is 0.264 e. The second-order valence-corrected chi connectivity index (χ2v) is 6.49. The van der Waals surface area contributed by atoms with Crippen LogP contribution >= 0.6 is 11.3 Å². The summed E-state index contributed by atoms with van der Waals surface area (Å²) in [5, 5.41) is 1.21. The first-order chi connectivity index (χ1) is 11.2. The number of methoxy groups -OCH3 is 2. The topological polar surface area (TPSA) is 38.8 Å². The van der Waals surface area contributed by atoms with E-state index in [2.05, 4.69) is 19.1 Å². The summed E-state index contributed by atoms with van der Waals surface area (Å²) >= 11 is 1.59. The molecule has 2 aromatic rings. The molecule has 23 heavy (non-hydrogen) atoms. The van der Waals surface area contributed by atoms with Crippen molar-refractivity contribution in [2.24, 2.45) is 0 Å². The molecule has 2 rings (SSSR count). The van der Waals surface area contributed by atoms with Crippen LogP contribution in [0.15, 0.2) is 24.3 Å². The lowest BCUT2D eigenvalue weighted by Crippen LogP contribution is -2.36. The third-order valence-electron chi connectivity index (χ3n) is 3.81. The van der Waals surface area contributed by atoms with Crippen LogP contribution in [0.5, 0.6) is 0 Å². The van der Waals surface area contributed by atoms with E-state index >= 15 is 0 Å². The summed E-state index contributed by atoms with van der Waals surface area (Å²) in [4.78, 5) is 15.7. The number of hydrogen-bond donors (Lipinski definition) is 0. The van der Waals surface area contributed by atoms with Gasteiger partial charge in [-0.1, -0.05) is 31.5 Å². The molecule has 0 saturated carbocycles. The van der Waals surface area contributed by atoms with Crippen molar-refractivity contribution >= 4 is 27.3 Å². The highest BCUT2D eigenvalue weighted by Crippen LogP contribution is 2.33. The van der Waals surface area contributed by atoms with Crippen LogP contribution in [-0.2, 0) is 15.9 Å². The van der Waals surface area contributed by atoms with Crippen LogP contribution in [0.3, 0.4) is 0 Å². The van der Waals surface area contributed by atoms with Gasteiger partial charge in [0.2, 0.25) is 0 Å².